The van der Waals surface area contributed by atoms with Gasteiger partial charge < -0.3 is 9.15 Å². The van der Waals surface area contributed by atoms with Gasteiger partial charge in [0.1, 0.15) is 11.3 Å². The number of rotatable bonds is 9. The highest BCUT2D eigenvalue weighted by Gasteiger charge is 2.03. The normalized spacial score (nSPS) is 11.8. The molecule has 0 saturated heterocycles. The number of carbonyl (C=O) groups is 1. The SMILES string of the molecule is O=C(/C=C/c1cccc(Cl)c1)c1ccc(OCCCC=[SH]c2nc3ccccc3o2)cc1. The lowest BCUT2D eigenvalue weighted by molar-refractivity contribution is 0.104. The summed E-state index contributed by atoms with van der Waals surface area (Å²) in [7, 11) is 0. The fraction of sp³-hybridized carbons (Fsp3) is 0.115. The Labute approximate surface area is 195 Å². The Bertz CT molecular complexity index is 1230. The van der Waals surface area contributed by atoms with Gasteiger partial charge in [0, 0.05) is 10.6 Å². The van der Waals surface area contributed by atoms with Gasteiger partial charge in [0.25, 0.3) is 0 Å². The van der Waals surface area contributed by atoms with E-state index in [0.29, 0.717) is 22.4 Å². The number of hydrogen-bond donors (Lipinski definition) is 1. The summed E-state index contributed by atoms with van der Waals surface area (Å²) >= 11 is 6.93. The molecule has 32 heavy (non-hydrogen) atoms. The van der Waals surface area contributed by atoms with Crippen molar-refractivity contribution < 1.29 is 13.9 Å². The van der Waals surface area contributed by atoms with Gasteiger partial charge in [0.2, 0.25) is 5.22 Å². The Morgan fingerprint density at radius 1 is 1.06 bits per heavy atom. The van der Waals surface area contributed by atoms with Gasteiger partial charge >= 0.3 is 0 Å². The maximum atomic E-state index is 12.3. The van der Waals surface area contributed by atoms with Crippen LogP contribution in [-0.2, 0) is 0 Å². The van der Waals surface area contributed by atoms with Crippen LogP contribution in [0.3, 0.4) is 0 Å². The predicted molar refractivity (Wildman–Crippen MR) is 133 cm³/mol. The van der Waals surface area contributed by atoms with Crippen molar-refractivity contribution in [2.45, 2.75) is 18.1 Å². The van der Waals surface area contributed by atoms with Gasteiger partial charge in [-0.25, -0.2) is 4.98 Å². The summed E-state index contributed by atoms with van der Waals surface area (Å²) in [5, 5.41) is 3.48. The zero-order valence-electron chi connectivity index (χ0n) is 17.3. The van der Waals surface area contributed by atoms with Gasteiger partial charge in [-0.2, -0.15) is 0 Å². The van der Waals surface area contributed by atoms with E-state index >= 15 is 0 Å². The number of ketones is 1. The van der Waals surface area contributed by atoms with E-state index in [1.165, 1.54) is 0 Å². The Hall–Kier alpha value is -3.15. The molecule has 4 aromatic rings. The third kappa shape index (κ3) is 6.19. The summed E-state index contributed by atoms with van der Waals surface area (Å²) in [6.07, 6.45) is 5.09. The summed E-state index contributed by atoms with van der Waals surface area (Å²) in [6.45, 7) is 0.599. The van der Waals surface area contributed by atoms with E-state index in [9.17, 15) is 4.79 Å². The van der Waals surface area contributed by atoms with Gasteiger partial charge in [-0.05, 0) is 73.0 Å². The lowest BCUT2D eigenvalue weighted by atomic mass is 10.1. The Kier molecular flexibility index (Phi) is 7.54. The quantitative estimate of drug-likeness (QED) is 0.0967. The molecule has 0 radical (unpaired) electrons. The summed E-state index contributed by atoms with van der Waals surface area (Å²) < 4.78 is 11.5. The number of thiol groups is 1. The standard InChI is InChI=1S/C26H22ClNO3S/c27-21-7-5-6-19(18-21)10-15-24(29)20-11-13-22(14-12-20)30-16-3-4-17-32-26-28-23-8-1-2-9-25(23)31-26/h1-2,5-15,17-18,32H,3-4,16H2/b15-10+. The van der Waals surface area contributed by atoms with Crippen LogP contribution in [0.5, 0.6) is 5.75 Å². The van der Waals surface area contributed by atoms with Crippen LogP contribution in [0.4, 0.5) is 0 Å². The largest absolute Gasteiger partial charge is 0.494 e. The number of hydrogen-bond acceptors (Lipinski definition) is 4. The summed E-state index contributed by atoms with van der Waals surface area (Å²) in [6, 6.07) is 22.3. The van der Waals surface area contributed by atoms with E-state index < -0.39 is 0 Å². The smallest absolute Gasteiger partial charge is 0.247 e. The first-order valence-corrected chi connectivity index (χ1v) is 11.6. The summed E-state index contributed by atoms with van der Waals surface area (Å²) in [5.74, 6) is 0.682. The minimum Gasteiger partial charge on any atom is -0.494 e. The van der Waals surface area contributed by atoms with Crippen LogP contribution < -0.4 is 4.74 Å². The van der Waals surface area contributed by atoms with Crippen molar-refractivity contribution in [3.8, 4) is 5.75 Å². The van der Waals surface area contributed by atoms with Crippen molar-refractivity contribution >= 4 is 51.3 Å². The van der Waals surface area contributed by atoms with Crippen LogP contribution in [0.1, 0.15) is 28.8 Å². The first-order valence-electron chi connectivity index (χ1n) is 10.3. The molecule has 0 bridgehead atoms. The third-order valence-corrected chi connectivity index (χ3v) is 5.73. The monoisotopic (exact) mass is 463 g/mol. The van der Waals surface area contributed by atoms with E-state index in [4.69, 9.17) is 20.8 Å². The molecule has 1 heterocycles. The summed E-state index contributed by atoms with van der Waals surface area (Å²) in [4.78, 5) is 16.8. The fourth-order valence-corrected chi connectivity index (χ4v) is 4.00. The topological polar surface area (TPSA) is 52.3 Å². The fourth-order valence-electron chi connectivity index (χ4n) is 3.02. The van der Waals surface area contributed by atoms with E-state index in [2.05, 4.69) is 10.4 Å². The second-order valence-electron chi connectivity index (χ2n) is 7.04. The van der Waals surface area contributed by atoms with E-state index in [1.807, 2.05) is 54.6 Å². The Morgan fingerprint density at radius 2 is 1.91 bits per heavy atom. The number of benzene rings is 3. The minimum absolute atomic E-state index is 0.0654. The van der Waals surface area contributed by atoms with Crippen LogP contribution in [0.15, 0.2) is 88.5 Å². The molecule has 0 saturated carbocycles. The maximum Gasteiger partial charge on any atom is 0.247 e. The molecule has 4 nitrogen and oxygen atoms in total. The highest BCUT2D eigenvalue weighted by atomic mass is 35.5. The average molecular weight is 464 g/mol. The number of para-hydroxylation sites is 2. The number of unbranched alkanes of at least 4 members (excludes halogenated alkanes) is 1. The molecule has 0 aliphatic carbocycles. The molecule has 0 atom stereocenters. The van der Waals surface area contributed by atoms with Gasteiger partial charge in [0.15, 0.2) is 11.4 Å². The summed E-state index contributed by atoms with van der Waals surface area (Å²) in [5.41, 5.74) is 3.20. The molecule has 0 aliphatic heterocycles. The Balaban J connectivity index is 1.21. The molecule has 0 N–H and O–H groups in total. The molecule has 162 valence electrons. The van der Waals surface area contributed by atoms with Crippen molar-refractivity contribution in [2.75, 3.05) is 6.61 Å². The van der Waals surface area contributed by atoms with Crippen LogP contribution in [0, 0.1) is 0 Å². The number of nitrogens with zero attached hydrogens (tertiary/aromatic N) is 1. The second kappa shape index (κ2) is 10.9. The highest BCUT2D eigenvalue weighted by Crippen LogP contribution is 2.19. The lowest BCUT2D eigenvalue weighted by Gasteiger charge is -2.05. The van der Waals surface area contributed by atoms with Crippen LogP contribution in [0.2, 0.25) is 5.02 Å². The van der Waals surface area contributed by atoms with Gasteiger partial charge in [-0.3, -0.25) is 4.79 Å². The third-order valence-electron chi connectivity index (χ3n) is 4.65. The van der Waals surface area contributed by atoms with E-state index in [-0.39, 0.29) is 5.78 Å². The molecular weight excluding hydrogens is 442 g/mol. The first kappa shape index (κ1) is 22.1. The van der Waals surface area contributed by atoms with Crippen molar-refractivity contribution in [1.82, 2.24) is 4.98 Å². The number of ether oxygens (including phenoxy) is 1. The maximum absolute atomic E-state index is 12.3. The highest BCUT2D eigenvalue weighted by molar-refractivity contribution is 7.97. The zero-order valence-corrected chi connectivity index (χ0v) is 18.9. The van der Waals surface area contributed by atoms with Crippen LogP contribution >= 0.6 is 23.0 Å². The van der Waals surface area contributed by atoms with Crippen molar-refractivity contribution in [3.05, 3.63) is 95.0 Å². The molecule has 0 aliphatic rings. The van der Waals surface area contributed by atoms with Gasteiger partial charge in [-0.15, -0.1) is 11.4 Å². The first-order chi connectivity index (χ1) is 15.7. The molecule has 0 unspecified atom stereocenters. The van der Waals surface area contributed by atoms with Crippen molar-refractivity contribution in [1.29, 1.82) is 0 Å². The molecule has 0 amide bonds. The predicted octanol–water partition coefficient (Wildman–Crippen LogP) is 6.86. The molecular formula is C26H22ClNO3S. The second-order valence-corrected chi connectivity index (χ2v) is 8.49. The zero-order chi connectivity index (χ0) is 22.2. The van der Waals surface area contributed by atoms with E-state index in [1.54, 1.807) is 30.4 Å². The Morgan fingerprint density at radius 3 is 2.72 bits per heavy atom. The number of fused-ring (bicyclic) bond motifs is 1. The minimum atomic E-state index is -0.0654. The van der Waals surface area contributed by atoms with Crippen LogP contribution in [-0.4, -0.2) is 22.7 Å². The average Bonchev–Trinajstić information content (AvgIpc) is 3.23. The number of aromatic nitrogens is 1. The van der Waals surface area contributed by atoms with E-state index in [0.717, 1.165) is 46.6 Å². The molecule has 6 heteroatoms. The number of allylic oxidation sites excluding steroid dienone is 1. The van der Waals surface area contributed by atoms with Gasteiger partial charge in [-0.1, -0.05) is 47.3 Å². The molecule has 0 fully saturated rings. The van der Waals surface area contributed by atoms with Crippen LogP contribution in [0.25, 0.3) is 17.2 Å². The number of oxazole rings is 1. The molecule has 4 rings (SSSR count). The number of halogens is 1. The molecule has 3 aromatic carbocycles. The molecule has 1 aromatic heterocycles. The molecule has 0 spiro atoms. The van der Waals surface area contributed by atoms with Gasteiger partial charge in [0.05, 0.1) is 6.61 Å². The number of carbonyl (C=O) groups excluding carboxylic acids is 1. The van der Waals surface area contributed by atoms with Crippen molar-refractivity contribution in [3.63, 3.8) is 0 Å². The lowest BCUT2D eigenvalue weighted by Crippen LogP contribution is -1.99. The van der Waals surface area contributed by atoms with Crippen molar-refractivity contribution in [2.24, 2.45) is 0 Å².